The van der Waals surface area contributed by atoms with Gasteiger partial charge in [-0.3, -0.25) is 4.79 Å². The summed E-state index contributed by atoms with van der Waals surface area (Å²) in [5.74, 6) is 1.50. The van der Waals surface area contributed by atoms with Crippen molar-refractivity contribution in [2.24, 2.45) is 0 Å². The molecule has 0 aromatic heterocycles. The summed E-state index contributed by atoms with van der Waals surface area (Å²) >= 11 is 0. The lowest BCUT2D eigenvalue weighted by molar-refractivity contribution is -0.116. The van der Waals surface area contributed by atoms with Gasteiger partial charge in [-0.1, -0.05) is 36.4 Å². The number of hydrogen-bond acceptors (Lipinski definition) is 6. The van der Waals surface area contributed by atoms with E-state index in [1.165, 1.54) is 5.69 Å². The summed E-state index contributed by atoms with van der Waals surface area (Å²) in [5.41, 5.74) is 6.99. The number of Topliss-reactive ketones (excluding diaryl/α,β-unsaturated/α-hetero) is 1. The maximum absolute atomic E-state index is 13.9. The minimum atomic E-state index is -0.238. The van der Waals surface area contributed by atoms with E-state index in [2.05, 4.69) is 65.8 Å². The van der Waals surface area contributed by atoms with Crippen LogP contribution in [0.25, 0.3) is 0 Å². The zero-order valence-corrected chi connectivity index (χ0v) is 22.0. The van der Waals surface area contributed by atoms with Gasteiger partial charge in [-0.05, 0) is 56.2 Å². The van der Waals surface area contributed by atoms with E-state index in [-0.39, 0.29) is 17.7 Å². The molecule has 37 heavy (non-hydrogen) atoms. The van der Waals surface area contributed by atoms with Crippen LogP contribution in [0.3, 0.4) is 0 Å². The molecule has 6 heteroatoms. The highest BCUT2D eigenvalue weighted by atomic mass is 16.5. The second kappa shape index (κ2) is 10.6. The number of allylic oxidation sites excluding steroid dienone is 1. The summed E-state index contributed by atoms with van der Waals surface area (Å²) in [5, 5.41) is 7.30. The highest BCUT2D eigenvalue weighted by molar-refractivity contribution is 6.01. The summed E-state index contributed by atoms with van der Waals surface area (Å²) in [6.07, 6.45) is 1.12. The van der Waals surface area contributed by atoms with Crippen molar-refractivity contribution in [2.45, 2.75) is 38.6 Å². The van der Waals surface area contributed by atoms with Crippen LogP contribution in [0.4, 0.5) is 17.1 Å². The standard InChI is InChI=1S/C31H35N3O3/c1-5-34(6-2)22-16-14-20(15-17-22)30-29-26(32-24-11-7-8-12-25(24)33-30)18-21(19-27(29)35)23-10-9-13-28(36-3)31(23)37-4/h7-17,21,30,32-33H,5-6,18-19H2,1-4H3. The molecule has 1 aliphatic heterocycles. The Hall–Kier alpha value is -3.93. The number of ketones is 1. The number of para-hydroxylation sites is 3. The molecule has 3 aromatic carbocycles. The third-order valence-electron chi connectivity index (χ3n) is 7.54. The maximum Gasteiger partial charge on any atom is 0.164 e. The first kappa shape index (κ1) is 24.8. The zero-order chi connectivity index (χ0) is 25.9. The largest absolute Gasteiger partial charge is 0.493 e. The number of hydrogen-bond donors (Lipinski definition) is 2. The van der Waals surface area contributed by atoms with Crippen molar-refractivity contribution in [3.05, 3.63) is 89.1 Å². The number of fused-ring (bicyclic) bond motifs is 1. The fraction of sp³-hybridized carbons (Fsp3) is 0.323. The minimum Gasteiger partial charge on any atom is -0.493 e. The molecule has 0 bridgehead atoms. The van der Waals surface area contributed by atoms with E-state index in [1.54, 1.807) is 14.2 Å². The van der Waals surface area contributed by atoms with Crippen molar-refractivity contribution >= 4 is 22.8 Å². The first-order valence-corrected chi connectivity index (χ1v) is 13.0. The van der Waals surface area contributed by atoms with Gasteiger partial charge in [-0.25, -0.2) is 0 Å². The zero-order valence-electron chi connectivity index (χ0n) is 22.0. The predicted molar refractivity (Wildman–Crippen MR) is 150 cm³/mol. The quantitative estimate of drug-likeness (QED) is 0.387. The molecule has 1 aliphatic carbocycles. The topological polar surface area (TPSA) is 62.8 Å². The number of methoxy groups -OCH3 is 2. The number of benzene rings is 3. The molecule has 3 aromatic rings. The van der Waals surface area contributed by atoms with Gasteiger partial charge in [-0.2, -0.15) is 0 Å². The first-order chi connectivity index (χ1) is 18.1. The Labute approximate surface area is 219 Å². The Morgan fingerprint density at radius 2 is 1.59 bits per heavy atom. The smallest absolute Gasteiger partial charge is 0.164 e. The van der Waals surface area contributed by atoms with E-state index in [4.69, 9.17) is 9.47 Å². The highest BCUT2D eigenvalue weighted by Crippen LogP contribution is 2.47. The van der Waals surface area contributed by atoms with Gasteiger partial charge >= 0.3 is 0 Å². The maximum atomic E-state index is 13.9. The molecule has 192 valence electrons. The third kappa shape index (κ3) is 4.64. The lowest BCUT2D eigenvalue weighted by Gasteiger charge is -2.31. The molecule has 2 N–H and O–H groups in total. The van der Waals surface area contributed by atoms with Crippen LogP contribution < -0.4 is 25.0 Å². The summed E-state index contributed by atoms with van der Waals surface area (Å²) < 4.78 is 11.3. The Bertz CT molecular complexity index is 1310. The summed E-state index contributed by atoms with van der Waals surface area (Å²) in [7, 11) is 3.29. The van der Waals surface area contributed by atoms with E-state index in [0.717, 1.165) is 46.9 Å². The van der Waals surface area contributed by atoms with Gasteiger partial charge in [0.05, 0.1) is 31.6 Å². The highest BCUT2D eigenvalue weighted by Gasteiger charge is 2.37. The average molecular weight is 498 g/mol. The summed E-state index contributed by atoms with van der Waals surface area (Å²) in [6, 6.07) is 22.4. The van der Waals surface area contributed by atoms with Crippen LogP contribution in [0.15, 0.2) is 78.0 Å². The van der Waals surface area contributed by atoms with Crippen molar-refractivity contribution in [2.75, 3.05) is 42.8 Å². The second-order valence-electron chi connectivity index (χ2n) is 9.52. The molecule has 0 radical (unpaired) electrons. The van der Waals surface area contributed by atoms with Crippen molar-refractivity contribution in [1.29, 1.82) is 0 Å². The van der Waals surface area contributed by atoms with Crippen LogP contribution in [0, 0.1) is 0 Å². The monoisotopic (exact) mass is 497 g/mol. The van der Waals surface area contributed by atoms with E-state index < -0.39 is 0 Å². The summed E-state index contributed by atoms with van der Waals surface area (Å²) in [4.78, 5) is 16.2. The molecule has 2 atom stereocenters. The van der Waals surface area contributed by atoms with Gasteiger partial charge in [-0.15, -0.1) is 0 Å². The fourth-order valence-corrected chi connectivity index (χ4v) is 5.66. The number of nitrogens with one attached hydrogen (secondary N) is 2. The van der Waals surface area contributed by atoms with Crippen LogP contribution in [0.2, 0.25) is 0 Å². The van der Waals surface area contributed by atoms with Crippen molar-refractivity contribution in [3.8, 4) is 11.5 Å². The van der Waals surface area contributed by atoms with Crippen molar-refractivity contribution in [3.63, 3.8) is 0 Å². The molecule has 6 nitrogen and oxygen atoms in total. The van der Waals surface area contributed by atoms with Gasteiger partial charge in [0.15, 0.2) is 17.3 Å². The molecule has 0 saturated heterocycles. The number of nitrogens with zero attached hydrogens (tertiary/aromatic N) is 1. The fourth-order valence-electron chi connectivity index (χ4n) is 5.66. The van der Waals surface area contributed by atoms with Crippen LogP contribution in [-0.4, -0.2) is 33.1 Å². The average Bonchev–Trinajstić information content (AvgIpc) is 3.10. The molecule has 2 unspecified atom stereocenters. The molecule has 0 amide bonds. The SMILES string of the molecule is CCN(CC)c1ccc(C2Nc3ccccc3NC3=C2C(=O)CC(c2cccc(OC)c2OC)C3)cc1. The van der Waals surface area contributed by atoms with Crippen LogP contribution in [0.5, 0.6) is 11.5 Å². The summed E-state index contributed by atoms with van der Waals surface area (Å²) in [6.45, 7) is 6.24. The third-order valence-corrected chi connectivity index (χ3v) is 7.54. The Kier molecular flexibility index (Phi) is 7.08. The van der Waals surface area contributed by atoms with E-state index >= 15 is 0 Å². The van der Waals surface area contributed by atoms with E-state index in [1.807, 2.05) is 30.3 Å². The molecule has 0 saturated carbocycles. The van der Waals surface area contributed by atoms with Gasteiger partial charge in [0.2, 0.25) is 0 Å². The van der Waals surface area contributed by atoms with E-state index in [9.17, 15) is 4.79 Å². The number of ether oxygens (including phenoxy) is 2. The lowest BCUT2D eigenvalue weighted by Crippen LogP contribution is -2.27. The lowest BCUT2D eigenvalue weighted by atomic mass is 9.78. The van der Waals surface area contributed by atoms with Crippen molar-refractivity contribution < 1.29 is 14.3 Å². The molecule has 1 heterocycles. The Morgan fingerprint density at radius 3 is 2.27 bits per heavy atom. The van der Waals surface area contributed by atoms with Crippen LogP contribution in [-0.2, 0) is 4.79 Å². The molecule has 5 rings (SSSR count). The van der Waals surface area contributed by atoms with Gasteiger partial charge < -0.3 is 25.0 Å². The van der Waals surface area contributed by atoms with E-state index in [0.29, 0.717) is 24.3 Å². The molecule has 2 aliphatic rings. The van der Waals surface area contributed by atoms with Gasteiger partial charge in [0.25, 0.3) is 0 Å². The normalized spacial score (nSPS) is 18.6. The number of carbonyl (C=O) groups excluding carboxylic acids is 1. The van der Waals surface area contributed by atoms with Crippen molar-refractivity contribution in [1.82, 2.24) is 0 Å². The molecule has 0 fully saturated rings. The Balaban J connectivity index is 1.57. The molecule has 0 spiro atoms. The molecular formula is C31H35N3O3. The Morgan fingerprint density at radius 1 is 0.865 bits per heavy atom. The minimum absolute atomic E-state index is 0.0141. The molecular weight excluding hydrogens is 462 g/mol. The second-order valence-corrected chi connectivity index (χ2v) is 9.52. The van der Waals surface area contributed by atoms with Gasteiger partial charge in [0, 0.05) is 47.9 Å². The predicted octanol–water partition coefficient (Wildman–Crippen LogP) is 6.53. The first-order valence-electron chi connectivity index (χ1n) is 13.0. The van der Waals surface area contributed by atoms with Crippen LogP contribution >= 0.6 is 0 Å². The number of rotatable bonds is 7. The number of anilines is 3. The number of carbonyl (C=O) groups is 1. The van der Waals surface area contributed by atoms with Crippen LogP contribution in [0.1, 0.15) is 49.8 Å². The van der Waals surface area contributed by atoms with Gasteiger partial charge in [0.1, 0.15) is 0 Å².